The van der Waals surface area contributed by atoms with Crippen molar-refractivity contribution in [2.75, 3.05) is 33.4 Å². The van der Waals surface area contributed by atoms with Crippen molar-refractivity contribution >= 4 is 18.0 Å². The lowest BCUT2D eigenvalue weighted by atomic mass is 9.98. The molecule has 1 heterocycles. The van der Waals surface area contributed by atoms with Crippen LogP contribution in [0.5, 0.6) is 0 Å². The van der Waals surface area contributed by atoms with Crippen molar-refractivity contribution in [3.8, 4) is 11.1 Å². The quantitative estimate of drug-likeness (QED) is 0.638. The average Bonchev–Trinajstić information content (AvgIpc) is 3.44. The second-order valence-electron chi connectivity index (χ2n) is 8.37. The molecule has 2 atom stereocenters. The van der Waals surface area contributed by atoms with E-state index in [1.165, 1.54) is 12.0 Å². The molecule has 2 aliphatic rings. The number of hydrogen-bond acceptors (Lipinski definition) is 5. The Kier molecular flexibility index (Phi) is 6.93. The summed E-state index contributed by atoms with van der Waals surface area (Å²) in [5, 5.41) is 11.8. The Hall–Kier alpha value is -3.39. The minimum Gasteiger partial charge on any atom is -0.481 e. The lowest BCUT2D eigenvalue weighted by molar-refractivity contribution is -0.143. The van der Waals surface area contributed by atoms with E-state index >= 15 is 0 Å². The maximum absolute atomic E-state index is 12.6. The molecule has 2 aromatic rings. The number of nitrogens with zero attached hydrogens (tertiary/aromatic N) is 1. The Balaban J connectivity index is 1.26. The zero-order valence-electron chi connectivity index (χ0n) is 18.5. The fourth-order valence-corrected chi connectivity index (χ4v) is 4.66. The van der Waals surface area contributed by atoms with E-state index < -0.39 is 24.1 Å². The van der Waals surface area contributed by atoms with Gasteiger partial charge in [0.1, 0.15) is 12.7 Å². The minimum absolute atomic E-state index is 0.0196. The van der Waals surface area contributed by atoms with Crippen LogP contribution < -0.4 is 5.32 Å². The van der Waals surface area contributed by atoms with E-state index in [2.05, 4.69) is 29.6 Å². The molecule has 8 heteroatoms. The van der Waals surface area contributed by atoms with Gasteiger partial charge in [-0.05, 0) is 28.7 Å². The standard InChI is InChI=1S/C25H28N2O6/c1-32-22(23(28)27-13-11-16(14-27)24(29)30)10-12-26-25(31)33-15-21-19-8-4-2-6-17(19)18-7-3-5-9-20(18)21/h2-9,16,21-22H,10-15H2,1H3,(H,26,31)(H,29,30). The number of carbonyl (C=O) groups is 3. The summed E-state index contributed by atoms with van der Waals surface area (Å²) < 4.78 is 10.8. The third kappa shape index (κ3) is 4.85. The molecule has 0 spiro atoms. The van der Waals surface area contributed by atoms with Gasteiger partial charge in [-0.2, -0.15) is 0 Å². The summed E-state index contributed by atoms with van der Waals surface area (Å²) in [7, 11) is 1.43. The van der Waals surface area contributed by atoms with Gasteiger partial charge >= 0.3 is 12.1 Å². The van der Waals surface area contributed by atoms with Crippen LogP contribution in [0.1, 0.15) is 29.9 Å². The van der Waals surface area contributed by atoms with Gasteiger partial charge in [-0.3, -0.25) is 9.59 Å². The number of methoxy groups -OCH3 is 1. The molecule has 0 radical (unpaired) electrons. The van der Waals surface area contributed by atoms with Crippen LogP contribution in [-0.2, 0) is 19.1 Å². The smallest absolute Gasteiger partial charge is 0.407 e. The maximum Gasteiger partial charge on any atom is 0.407 e. The van der Waals surface area contributed by atoms with Crippen molar-refractivity contribution < 1.29 is 29.0 Å². The van der Waals surface area contributed by atoms with E-state index in [0.717, 1.165) is 22.3 Å². The number of hydrogen-bond donors (Lipinski definition) is 2. The summed E-state index contributed by atoms with van der Waals surface area (Å²) in [6.07, 6.45) is -0.582. The SMILES string of the molecule is COC(CCNC(=O)OCC1c2ccccc2-c2ccccc21)C(=O)N1CCC(C(=O)O)C1. The van der Waals surface area contributed by atoms with Crippen LogP contribution in [0.2, 0.25) is 0 Å². The number of fused-ring (bicyclic) bond motifs is 3. The van der Waals surface area contributed by atoms with E-state index in [4.69, 9.17) is 14.6 Å². The molecule has 1 saturated heterocycles. The van der Waals surface area contributed by atoms with Crippen LogP contribution in [0.15, 0.2) is 48.5 Å². The lowest BCUT2D eigenvalue weighted by Crippen LogP contribution is -2.41. The van der Waals surface area contributed by atoms with Crippen molar-refractivity contribution in [1.82, 2.24) is 10.2 Å². The summed E-state index contributed by atoms with van der Waals surface area (Å²) in [6, 6.07) is 16.3. The van der Waals surface area contributed by atoms with E-state index in [1.807, 2.05) is 24.3 Å². The number of alkyl carbamates (subject to hydrolysis) is 1. The van der Waals surface area contributed by atoms with Gasteiger partial charge in [-0.1, -0.05) is 48.5 Å². The number of rotatable bonds is 8. The molecule has 1 aliphatic heterocycles. The van der Waals surface area contributed by atoms with E-state index in [-0.39, 0.29) is 37.9 Å². The van der Waals surface area contributed by atoms with Crippen LogP contribution in [0, 0.1) is 5.92 Å². The van der Waals surface area contributed by atoms with Gasteiger partial charge < -0.3 is 24.8 Å². The Morgan fingerprint density at radius 1 is 1.09 bits per heavy atom. The third-order valence-corrected chi connectivity index (χ3v) is 6.43. The number of aliphatic carboxylic acids is 1. The summed E-state index contributed by atoms with van der Waals surface area (Å²) in [6.45, 7) is 1.01. The number of ether oxygens (including phenoxy) is 2. The first-order valence-corrected chi connectivity index (χ1v) is 11.1. The molecule has 0 saturated carbocycles. The van der Waals surface area contributed by atoms with Gasteiger partial charge in [0.05, 0.1) is 5.92 Å². The van der Waals surface area contributed by atoms with E-state index in [1.54, 1.807) is 0 Å². The van der Waals surface area contributed by atoms with Crippen molar-refractivity contribution in [1.29, 1.82) is 0 Å². The van der Waals surface area contributed by atoms with Crippen LogP contribution in [0.3, 0.4) is 0 Å². The largest absolute Gasteiger partial charge is 0.481 e. The van der Waals surface area contributed by atoms with Crippen molar-refractivity contribution in [3.63, 3.8) is 0 Å². The van der Waals surface area contributed by atoms with Crippen molar-refractivity contribution in [3.05, 3.63) is 59.7 Å². The summed E-state index contributed by atoms with van der Waals surface area (Å²) in [5.74, 6) is -1.70. The number of carboxylic acid groups (broad SMARTS) is 1. The Bertz CT molecular complexity index is 994. The number of nitrogens with one attached hydrogen (secondary N) is 1. The fraction of sp³-hybridized carbons (Fsp3) is 0.400. The first kappa shape index (κ1) is 22.8. The second kappa shape index (κ2) is 10.0. The van der Waals surface area contributed by atoms with Crippen LogP contribution in [0.4, 0.5) is 4.79 Å². The topological polar surface area (TPSA) is 105 Å². The van der Waals surface area contributed by atoms with Crippen LogP contribution in [-0.4, -0.2) is 67.4 Å². The molecule has 0 aromatic heterocycles. The van der Waals surface area contributed by atoms with E-state index in [0.29, 0.717) is 13.0 Å². The summed E-state index contributed by atoms with van der Waals surface area (Å²) >= 11 is 0. The highest BCUT2D eigenvalue weighted by Gasteiger charge is 2.34. The van der Waals surface area contributed by atoms with Gasteiger partial charge in [0.25, 0.3) is 5.91 Å². The van der Waals surface area contributed by atoms with Crippen molar-refractivity contribution in [2.45, 2.75) is 24.9 Å². The first-order valence-electron chi connectivity index (χ1n) is 11.1. The normalized spacial score (nSPS) is 17.8. The predicted molar refractivity (Wildman–Crippen MR) is 121 cm³/mol. The number of carbonyl (C=O) groups excluding carboxylic acids is 2. The predicted octanol–water partition coefficient (Wildman–Crippen LogP) is 2.86. The molecule has 2 N–H and O–H groups in total. The number of benzene rings is 2. The number of likely N-dealkylation sites (tertiary alicyclic amines) is 1. The van der Waals surface area contributed by atoms with Gasteiger partial charge in [0, 0.05) is 39.1 Å². The van der Waals surface area contributed by atoms with Crippen LogP contribution >= 0.6 is 0 Å². The fourth-order valence-electron chi connectivity index (χ4n) is 4.66. The van der Waals surface area contributed by atoms with E-state index in [9.17, 15) is 14.4 Å². The Morgan fingerprint density at radius 3 is 2.30 bits per heavy atom. The average molecular weight is 453 g/mol. The molecule has 4 rings (SSSR count). The Labute approximate surface area is 192 Å². The third-order valence-electron chi connectivity index (χ3n) is 6.43. The highest BCUT2D eigenvalue weighted by atomic mass is 16.5. The Morgan fingerprint density at radius 2 is 1.73 bits per heavy atom. The number of carboxylic acids is 1. The van der Waals surface area contributed by atoms with Crippen LogP contribution in [0.25, 0.3) is 11.1 Å². The van der Waals surface area contributed by atoms with Gasteiger partial charge in [-0.15, -0.1) is 0 Å². The summed E-state index contributed by atoms with van der Waals surface area (Å²) in [4.78, 5) is 37.6. The molecule has 2 unspecified atom stereocenters. The second-order valence-corrected chi connectivity index (χ2v) is 8.37. The summed E-state index contributed by atoms with van der Waals surface area (Å²) in [5.41, 5.74) is 4.61. The molecule has 0 bridgehead atoms. The first-order chi connectivity index (χ1) is 16.0. The maximum atomic E-state index is 12.6. The van der Waals surface area contributed by atoms with Gasteiger partial charge in [0.15, 0.2) is 0 Å². The molecule has 174 valence electrons. The minimum atomic E-state index is -0.892. The molecule has 8 nitrogen and oxygen atoms in total. The molecule has 2 amide bonds. The molecular formula is C25H28N2O6. The monoisotopic (exact) mass is 452 g/mol. The molecule has 2 aromatic carbocycles. The highest BCUT2D eigenvalue weighted by molar-refractivity contribution is 5.82. The van der Waals surface area contributed by atoms with Crippen molar-refractivity contribution in [2.24, 2.45) is 5.92 Å². The molecule has 1 fully saturated rings. The molecule has 1 aliphatic carbocycles. The zero-order chi connectivity index (χ0) is 23.4. The highest BCUT2D eigenvalue weighted by Crippen LogP contribution is 2.44. The molecular weight excluding hydrogens is 424 g/mol. The number of amides is 2. The zero-order valence-corrected chi connectivity index (χ0v) is 18.5. The molecule has 33 heavy (non-hydrogen) atoms. The van der Waals surface area contributed by atoms with Gasteiger partial charge in [0.2, 0.25) is 0 Å². The van der Waals surface area contributed by atoms with Gasteiger partial charge in [-0.25, -0.2) is 4.79 Å². The lowest BCUT2D eigenvalue weighted by Gasteiger charge is -2.22.